The van der Waals surface area contributed by atoms with Gasteiger partial charge >= 0.3 is 5.69 Å². The first-order valence-electron chi connectivity index (χ1n) is 10.9. The highest BCUT2D eigenvalue weighted by molar-refractivity contribution is 7.59. The minimum Gasteiger partial charge on any atom is -0.756 e. The summed E-state index contributed by atoms with van der Waals surface area (Å²) in [5, 5.41) is 0. The van der Waals surface area contributed by atoms with Gasteiger partial charge in [0.15, 0.2) is 12.5 Å². The smallest absolute Gasteiger partial charge is 0.330 e. The molecule has 16 heteroatoms. The molecule has 0 aliphatic carbocycles. The van der Waals surface area contributed by atoms with Crippen molar-refractivity contribution in [2.75, 3.05) is 6.61 Å². The van der Waals surface area contributed by atoms with Crippen LogP contribution in [0.2, 0.25) is 0 Å². The maximum Gasteiger partial charge on any atom is 0.330 e. The Morgan fingerprint density at radius 3 is 2.39 bits per heavy atom. The van der Waals surface area contributed by atoms with Gasteiger partial charge in [0.25, 0.3) is 21.2 Å². The van der Waals surface area contributed by atoms with E-state index in [0.29, 0.717) is 6.42 Å². The van der Waals surface area contributed by atoms with Gasteiger partial charge in [-0.3, -0.25) is 23.5 Å². The summed E-state index contributed by atoms with van der Waals surface area (Å²) in [4.78, 5) is 49.8. The summed E-state index contributed by atoms with van der Waals surface area (Å²) in [5.41, 5.74) is -0.493. The lowest BCUT2D eigenvalue weighted by molar-refractivity contribution is -0.247. The lowest BCUT2D eigenvalue weighted by Gasteiger charge is -2.32. The van der Waals surface area contributed by atoms with Gasteiger partial charge in [-0.05, 0) is 19.4 Å². The summed E-state index contributed by atoms with van der Waals surface area (Å²) >= 11 is 0. The van der Waals surface area contributed by atoms with Gasteiger partial charge in [-0.1, -0.05) is 30.3 Å². The molecule has 0 radical (unpaired) electrons. The Hall–Kier alpha value is -1.96. The molecule has 4 rings (SSSR count). The zero-order chi connectivity index (χ0) is 26.1. The summed E-state index contributed by atoms with van der Waals surface area (Å²) in [6, 6.07) is 10.4. The molecule has 4 unspecified atom stereocenters. The van der Waals surface area contributed by atoms with Gasteiger partial charge in [0.2, 0.25) is 0 Å². The van der Waals surface area contributed by atoms with Crippen molar-refractivity contribution in [3.8, 4) is 0 Å². The molecule has 14 nitrogen and oxygen atoms in total. The Morgan fingerprint density at radius 2 is 1.72 bits per heavy atom. The third kappa shape index (κ3) is 6.67. The number of phosphoric ester groups is 2. The first kappa shape index (κ1) is 27.1. The van der Waals surface area contributed by atoms with E-state index >= 15 is 0 Å². The Kier molecular flexibility index (Phi) is 8.13. The van der Waals surface area contributed by atoms with E-state index in [-0.39, 0.29) is 0 Å². The van der Waals surface area contributed by atoms with E-state index in [1.165, 1.54) is 20.0 Å². The first-order chi connectivity index (χ1) is 16.9. The Balaban J connectivity index is 1.51. The second-order valence-electron chi connectivity index (χ2n) is 8.33. The number of hydrogen-bond donors (Lipinski definition) is 1. The van der Waals surface area contributed by atoms with Gasteiger partial charge in [-0.15, -0.1) is 0 Å². The number of phosphoric acid groups is 2. The number of aromatic amines is 1. The molecule has 0 saturated carbocycles. The van der Waals surface area contributed by atoms with Crippen LogP contribution in [-0.4, -0.2) is 46.9 Å². The molecule has 0 bridgehead atoms. The molecule has 3 heterocycles. The van der Waals surface area contributed by atoms with Gasteiger partial charge < -0.3 is 33.0 Å². The first-order valence-corrected chi connectivity index (χ1v) is 13.8. The van der Waals surface area contributed by atoms with Crippen molar-refractivity contribution in [2.24, 2.45) is 0 Å². The average Bonchev–Trinajstić information content (AvgIpc) is 3.30. The van der Waals surface area contributed by atoms with Gasteiger partial charge in [0.05, 0.1) is 12.7 Å². The van der Waals surface area contributed by atoms with E-state index in [1.807, 2.05) is 30.3 Å². The van der Waals surface area contributed by atoms with Crippen LogP contribution in [0.3, 0.4) is 0 Å². The fourth-order valence-corrected chi connectivity index (χ4v) is 6.04. The van der Waals surface area contributed by atoms with Gasteiger partial charge in [0, 0.05) is 18.7 Å². The minimum atomic E-state index is -5.38. The highest BCUT2D eigenvalue weighted by Gasteiger charge is 2.54. The van der Waals surface area contributed by atoms with Crippen molar-refractivity contribution in [1.82, 2.24) is 9.55 Å². The van der Waals surface area contributed by atoms with E-state index in [4.69, 9.17) is 18.7 Å². The number of aromatic nitrogens is 2. The molecular formula is C20H24N2O12P2-2. The van der Waals surface area contributed by atoms with Crippen LogP contribution in [-0.2, 0) is 43.1 Å². The Labute approximate surface area is 204 Å². The van der Waals surface area contributed by atoms with Gasteiger partial charge in [0.1, 0.15) is 18.3 Å². The Bertz CT molecular complexity index is 1270. The Morgan fingerprint density at radius 1 is 1.03 bits per heavy atom. The third-order valence-corrected chi connectivity index (χ3v) is 7.96. The van der Waals surface area contributed by atoms with Crippen LogP contribution in [0.5, 0.6) is 0 Å². The number of fused-ring (bicyclic) bond motifs is 1. The third-order valence-electron chi connectivity index (χ3n) is 5.21. The molecule has 1 aromatic heterocycles. The summed E-state index contributed by atoms with van der Waals surface area (Å²) in [5.74, 6) is 0. The lowest BCUT2D eigenvalue weighted by atomic mass is 10.1. The van der Waals surface area contributed by atoms with Crippen molar-refractivity contribution in [1.29, 1.82) is 0 Å². The number of H-pyrrole nitrogens is 1. The molecular weight excluding hydrogens is 522 g/mol. The maximum absolute atomic E-state index is 12.4. The number of rotatable bonds is 10. The number of nitrogens with zero attached hydrogens (tertiary/aromatic N) is 1. The lowest BCUT2D eigenvalue weighted by Crippen LogP contribution is -2.36. The molecule has 0 amide bonds. The normalized spacial score (nSPS) is 29.1. The minimum absolute atomic E-state index is 0.351. The van der Waals surface area contributed by atoms with Crippen molar-refractivity contribution < 1.29 is 46.5 Å². The molecule has 2 aliphatic rings. The molecule has 1 N–H and O–H groups in total. The molecule has 36 heavy (non-hydrogen) atoms. The molecule has 2 aromatic rings. The van der Waals surface area contributed by atoms with Crippen molar-refractivity contribution in [3.63, 3.8) is 0 Å². The van der Waals surface area contributed by atoms with Crippen LogP contribution in [0.15, 0.2) is 52.2 Å². The van der Waals surface area contributed by atoms with Gasteiger partial charge in [-0.2, -0.15) is 0 Å². The van der Waals surface area contributed by atoms with Crippen LogP contribution in [0.1, 0.15) is 25.6 Å². The molecule has 2 fully saturated rings. The molecule has 2 saturated heterocycles. The highest BCUT2D eigenvalue weighted by atomic mass is 31.3. The zero-order valence-corrected chi connectivity index (χ0v) is 20.9. The molecule has 1 aromatic carbocycles. The highest BCUT2D eigenvalue weighted by Crippen LogP contribution is 2.56. The van der Waals surface area contributed by atoms with E-state index < -0.39 is 70.4 Å². The monoisotopic (exact) mass is 546 g/mol. The summed E-state index contributed by atoms with van der Waals surface area (Å²) in [6.07, 6.45) is -4.03. The summed E-state index contributed by atoms with van der Waals surface area (Å²) < 4.78 is 56.0. The fraction of sp³-hybridized carbons (Fsp3) is 0.500. The second-order valence-corrected chi connectivity index (χ2v) is 11.2. The van der Waals surface area contributed by atoms with E-state index in [9.17, 15) is 28.5 Å². The molecule has 7 atom stereocenters. The van der Waals surface area contributed by atoms with E-state index in [0.717, 1.165) is 16.2 Å². The van der Waals surface area contributed by atoms with Crippen LogP contribution < -0.4 is 21.0 Å². The summed E-state index contributed by atoms with van der Waals surface area (Å²) in [7, 11) is -10.6. The number of ether oxygens (including phenoxy) is 3. The predicted molar refractivity (Wildman–Crippen MR) is 117 cm³/mol. The van der Waals surface area contributed by atoms with Crippen molar-refractivity contribution in [2.45, 2.75) is 57.2 Å². The van der Waals surface area contributed by atoms with Crippen LogP contribution >= 0.6 is 15.6 Å². The number of nitrogens with one attached hydrogen (secondary N) is 1. The number of hydrogen-bond acceptors (Lipinski definition) is 12. The SMILES string of the molecule is CC(C)OP(=O)([O-])OP(=O)([O-])OC[C@H]1O[C@@H](n2ccc(=O)[nH]c2=O)C2OC(Cc3ccccc3)O[C@H]21. The van der Waals surface area contributed by atoms with Crippen molar-refractivity contribution in [3.05, 3.63) is 69.0 Å². The van der Waals surface area contributed by atoms with Crippen LogP contribution in [0.4, 0.5) is 0 Å². The number of benzene rings is 1. The molecule has 198 valence electrons. The van der Waals surface area contributed by atoms with Crippen molar-refractivity contribution >= 4 is 15.6 Å². The van der Waals surface area contributed by atoms with E-state index in [2.05, 4.69) is 13.8 Å². The van der Waals surface area contributed by atoms with Crippen LogP contribution in [0.25, 0.3) is 0 Å². The zero-order valence-electron chi connectivity index (χ0n) is 19.2. The largest absolute Gasteiger partial charge is 0.756 e. The predicted octanol–water partition coefficient (Wildman–Crippen LogP) is 0.182. The quantitative estimate of drug-likeness (QED) is 0.399. The summed E-state index contributed by atoms with van der Waals surface area (Å²) in [6.45, 7) is 2.04. The topological polar surface area (TPSA) is 190 Å². The molecule has 0 spiro atoms. The van der Waals surface area contributed by atoms with Crippen LogP contribution in [0, 0.1) is 0 Å². The van der Waals surface area contributed by atoms with E-state index in [1.54, 1.807) is 0 Å². The van der Waals surface area contributed by atoms with Gasteiger partial charge in [-0.25, -0.2) is 9.11 Å². The maximum atomic E-state index is 12.4. The fourth-order valence-electron chi connectivity index (χ4n) is 3.88. The molecule has 2 aliphatic heterocycles. The second kappa shape index (κ2) is 10.8. The average molecular weight is 546 g/mol. The standard InChI is InChI=1S/C20H26N2O12P2/c1-12(2)33-36(27,28)34-35(25,26)29-11-14-17-18(19(30-14)22-9-8-15(23)21-20(22)24)32-16(31-17)10-13-6-4-3-5-7-13/h3-9,12,14,16-19H,10-11H2,1-2H3,(H,25,26)(H,27,28)(H,21,23,24)/p-2/t14-,16?,17+,18?,19-/m1/s1.